The van der Waals surface area contributed by atoms with Crippen LogP contribution in [0.4, 0.5) is 4.70 Å². The van der Waals surface area contributed by atoms with E-state index in [1.165, 1.54) is 0 Å². The van der Waals surface area contributed by atoms with Crippen LogP contribution in [0.15, 0.2) is 85.2 Å². The van der Waals surface area contributed by atoms with Gasteiger partial charge in [-0.1, -0.05) is 12.2 Å². The molecule has 0 aromatic carbocycles. The first kappa shape index (κ1) is 26.5. The molecule has 5 nitrogen and oxygen atoms in total. The molecule has 3 aromatic rings. The van der Waals surface area contributed by atoms with E-state index < -0.39 is 0 Å². The van der Waals surface area contributed by atoms with E-state index in [0.29, 0.717) is 0 Å². The molecule has 3 N–H and O–H groups in total. The van der Waals surface area contributed by atoms with Crippen molar-refractivity contribution in [3.05, 3.63) is 108 Å². The van der Waals surface area contributed by atoms with E-state index in [0.717, 1.165) is 44.8 Å². The molecule has 34 heavy (non-hydrogen) atoms. The van der Waals surface area contributed by atoms with Crippen molar-refractivity contribution < 1.29 is 24.8 Å². The molecule has 172 valence electrons. The van der Waals surface area contributed by atoms with Gasteiger partial charge in [0.05, 0.1) is 31.2 Å². The van der Waals surface area contributed by atoms with Gasteiger partial charge in [-0.2, -0.15) is 0 Å². The van der Waals surface area contributed by atoms with Crippen LogP contribution in [0.3, 0.4) is 0 Å². The summed E-state index contributed by atoms with van der Waals surface area (Å²) < 4.78 is 0. The summed E-state index contributed by atoms with van der Waals surface area (Å²) in [4.78, 5) is 16.0. The van der Waals surface area contributed by atoms with Crippen molar-refractivity contribution in [3.8, 4) is 0 Å². The molecule has 0 spiro atoms. The van der Waals surface area contributed by atoms with Gasteiger partial charge in [-0.3, -0.25) is 0 Å². The van der Waals surface area contributed by atoms with Crippen molar-refractivity contribution in [3.63, 3.8) is 0 Å². The number of hydrogen-bond donors (Lipinski definition) is 3. The molecule has 2 radical (unpaired) electrons. The summed E-state index contributed by atoms with van der Waals surface area (Å²) in [6.45, 7) is 0. The molecular weight excluding hydrogens is 604 g/mol. The van der Waals surface area contributed by atoms with E-state index >= 15 is 0 Å². The molecule has 0 saturated carbocycles. The first-order valence-electron chi connectivity index (χ1n) is 10.1. The summed E-state index contributed by atoms with van der Waals surface area (Å²) in [5.41, 5.74) is 7.86. The van der Waals surface area contributed by atoms with Gasteiger partial charge in [0.15, 0.2) is 0 Å². The van der Waals surface area contributed by atoms with Gasteiger partial charge in [0.1, 0.15) is 0 Å². The smallest absolute Gasteiger partial charge is 0.0814 e. The van der Waals surface area contributed by atoms with Crippen LogP contribution in [0.2, 0.25) is 0 Å². The Morgan fingerprint density at radius 1 is 0.500 bits per heavy atom. The summed E-state index contributed by atoms with van der Waals surface area (Å²) in [6.07, 6.45) is 19.7. The largest absolute Gasteiger partial charge is 0.368 e. The standard InChI is InChI=1S/C20H14N4.C6H7N.BH3.F.Ir/c1-2-14-10-16-5-6-18(23-16)12-20-8-7-19(24-20)11-17-4-3-15(22-17)9-13(1)21-14;1-2-4-6-7-5-3-1;;;/h1-12,21,24H;1-7H;1H3;;. The Morgan fingerprint density at radius 2 is 0.824 bits per heavy atom. The molecule has 0 unspecified atom stereocenters. The van der Waals surface area contributed by atoms with Crippen molar-refractivity contribution in [1.82, 2.24) is 25.3 Å². The molecule has 3 aliphatic heterocycles. The van der Waals surface area contributed by atoms with Gasteiger partial charge in [-0.25, -0.2) is 9.97 Å². The molecule has 0 amide bonds. The van der Waals surface area contributed by atoms with Crippen molar-refractivity contribution in [2.45, 2.75) is 0 Å². The number of H-pyrrole nitrogens is 2. The average molecular weight is 629 g/mol. The Bertz CT molecular complexity index is 1240. The molecule has 8 bridgehead atoms. The minimum atomic E-state index is 0. The molecule has 3 aliphatic rings. The topological polar surface area (TPSA) is 69.4 Å². The fourth-order valence-corrected chi connectivity index (χ4v) is 3.35. The Kier molecular flexibility index (Phi) is 9.74. The number of hydrogen-bond acceptors (Lipinski definition) is 3. The minimum Gasteiger partial charge on any atom is -0.368 e. The molecule has 0 atom stereocenters. The third-order valence-corrected chi connectivity index (χ3v) is 4.76. The maximum Gasteiger partial charge on any atom is 0.0814 e. The second kappa shape index (κ2) is 12.5. The van der Waals surface area contributed by atoms with Crippen LogP contribution in [-0.2, 0) is 20.1 Å². The number of halogens is 1. The first-order valence-corrected chi connectivity index (χ1v) is 10.1. The fraction of sp³-hybridized carbons (Fsp3) is 0. The van der Waals surface area contributed by atoms with Crippen LogP contribution >= 0.6 is 0 Å². The second-order valence-electron chi connectivity index (χ2n) is 7.17. The zero-order valence-corrected chi connectivity index (χ0v) is 19.9. The van der Waals surface area contributed by atoms with E-state index in [-0.39, 0.29) is 33.2 Å². The van der Waals surface area contributed by atoms with Gasteiger partial charge in [0.2, 0.25) is 0 Å². The third kappa shape index (κ3) is 6.88. The van der Waals surface area contributed by atoms with Crippen LogP contribution in [0.25, 0.3) is 46.4 Å². The number of nitrogens with one attached hydrogen (secondary N) is 3. The van der Waals surface area contributed by atoms with Gasteiger partial charge in [-0.15, -0.1) is 0 Å². The normalized spacial score (nSPS) is 12.2. The number of aromatic nitrogens is 4. The van der Waals surface area contributed by atoms with E-state index in [2.05, 4.69) is 49.5 Å². The molecule has 0 aliphatic carbocycles. The number of allylic oxidation sites excluding steroid dienone is 4. The maximum absolute atomic E-state index is 4.63. The van der Waals surface area contributed by atoms with E-state index in [9.17, 15) is 0 Å². The van der Waals surface area contributed by atoms with Gasteiger partial charge in [0.25, 0.3) is 0 Å². The van der Waals surface area contributed by atoms with Crippen LogP contribution in [0, 0.1) is 0 Å². The Morgan fingerprint density at radius 3 is 1.15 bits per heavy atom. The van der Waals surface area contributed by atoms with Crippen molar-refractivity contribution in [2.75, 3.05) is 0 Å². The average Bonchev–Trinajstić information content (AvgIpc) is 3.53. The van der Waals surface area contributed by atoms with E-state index in [4.69, 9.17) is 0 Å². The fourth-order valence-electron chi connectivity index (χ4n) is 3.35. The van der Waals surface area contributed by atoms with Crippen LogP contribution < -0.4 is 5.32 Å². The van der Waals surface area contributed by atoms with Crippen LogP contribution in [0.1, 0.15) is 22.8 Å². The first-order chi connectivity index (χ1) is 15.3. The van der Waals surface area contributed by atoms with Crippen molar-refractivity contribution in [2.24, 2.45) is 0 Å². The number of rotatable bonds is 0. The quantitative estimate of drug-likeness (QED) is 0.210. The van der Waals surface area contributed by atoms with Gasteiger partial charge in [0, 0.05) is 59.3 Å². The molecule has 8 heteroatoms. The number of aromatic amines is 2. The second-order valence-corrected chi connectivity index (χ2v) is 7.17. The molecule has 6 rings (SSSR count). The number of nitrogens with zero attached hydrogens (tertiary/aromatic N) is 2. The summed E-state index contributed by atoms with van der Waals surface area (Å²) >= 11 is 0. The zero-order valence-electron chi connectivity index (χ0n) is 17.5. The molecular formula is C26H24BFIrN5. The minimum absolute atomic E-state index is 0. The SMILES string of the molecule is B.C1=CC=CNC=C1.C1=Cc2cc3ccc(cc4nc(cc5ccc(cc1n2)[nH]5)C=C4)[nH]3.[F].[Ir]. The third-order valence-electron chi connectivity index (χ3n) is 4.76. The van der Waals surface area contributed by atoms with E-state index in [1.54, 1.807) is 0 Å². The molecule has 3 aromatic heterocycles. The predicted molar refractivity (Wildman–Crippen MR) is 140 cm³/mol. The van der Waals surface area contributed by atoms with Crippen LogP contribution in [0.5, 0.6) is 0 Å². The van der Waals surface area contributed by atoms with Gasteiger partial charge in [-0.05, 0) is 85.0 Å². The van der Waals surface area contributed by atoms with Gasteiger partial charge < -0.3 is 15.3 Å². The summed E-state index contributed by atoms with van der Waals surface area (Å²) in [7, 11) is 0. The maximum atomic E-state index is 4.63. The monoisotopic (exact) mass is 629 g/mol. The summed E-state index contributed by atoms with van der Waals surface area (Å²) in [6, 6.07) is 16.4. The van der Waals surface area contributed by atoms with Crippen molar-refractivity contribution in [1.29, 1.82) is 0 Å². The predicted octanol–water partition coefficient (Wildman–Crippen LogP) is 5.06. The van der Waals surface area contributed by atoms with Crippen molar-refractivity contribution >= 4 is 54.8 Å². The van der Waals surface area contributed by atoms with Gasteiger partial charge >= 0.3 is 0 Å². The summed E-state index contributed by atoms with van der Waals surface area (Å²) in [5.74, 6) is 0. The molecule has 0 fully saturated rings. The number of fused-ring (bicyclic) bond motifs is 8. The molecule has 0 saturated heterocycles. The Balaban J connectivity index is 0.000000357. The Hall–Kier alpha value is -3.74. The zero-order chi connectivity index (χ0) is 20.9. The van der Waals surface area contributed by atoms with Crippen LogP contribution in [-0.4, -0.2) is 28.3 Å². The van der Waals surface area contributed by atoms with E-state index in [1.807, 2.05) is 85.3 Å². The summed E-state index contributed by atoms with van der Waals surface area (Å²) in [5, 5.41) is 2.92. The molecule has 6 heterocycles. The Labute approximate surface area is 212 Å².